The van der Waals surface area contributed by atoms with Crippen LogP contribution in [0.15, 0.2) is 52.2 Å². The zero-order valence-corrected chi connectivity index (χ0v) is 10.2. The number of hydrogen-bond donors (Lipinski definition) is 2. The van der Waals surface area contributed by atoms with Gasteiger partial charge in [0.25, 0.3) is 5.56 Å². The van der Waals surface area contributed by atoms with Gasteiger partial charge in [-0.1, -0.05) is 30.3 Å². The largest absolute Gasteiger partial charge is 0.396 e. The van der Waals surface area contributed by atoms with Gasteiger partial charge in [-0.2, -0.15) is 0 Å². The Hall–Kier alpha value is -2.14. The topological polar surface area (TPSA) is 75.1 Å². The van der Waals surface area contributed by atoms with Crippen LogP contribution in [0.4, 0.5) is 0 Å². The minimum atomic E-state index is -0.530. The Morgan fingerprint density at radius 1 is 1.26 bits per heavy atom. The maximum Gasteiger partial charge on any atom is 0.329 e. The fraction of sp³-hybridized carbons (Fsp3) is 0.286. The van der Waals surface area contributed by atoms with E-state index in [0.717, 1.165) is 5.56 Å². The van der Waals surface area contributed by atoms with E-state index in [1.807, 2.05) is 30.3 Å². The molecule has 1 aliphatic carbocycles. The second-order valence-corrected chi connectivity index (χ2v) is 4.85. The Kier molecular flexibility index (Phi) is 2.64. The summed E-state index contributed by atoms with van der Waals surface area (Å²) in [7, 11) is 0. The molecule has 19 heavy (non-hydrogen) atoms. The van der Waals surface area contributed by atoms with Crippen LogP contribution in [0, 0.1) is 5.92 Å². The number of H-pyrrole nitrogens is 1. The Morgan fingerprint density at radius 3 is 2.58 bits per heavy atom. The quantitative estimate of drug-likeness (QED) is 0.831. The summed E-state index contributed by atoms with van der Waals surface area (Å²) >= 11 is 0. The summed E-state index contributed by atoms with van der Waals surface area (Å²) in [6.07, 6.45) is 2.20. The van der Waals surface area contributed by atoms with E-state index in [2.05, 4.69) is 4.98 Å². The van der Waals surface area contributed by atoms with Crippen molar-refractivity contribution in [3.05, 3.63) is 69.0 Å². The number of nitrogens with zero attached hydrogens (tertiary/aromatic N) is 1. The van der Waals surface area contributed by atoms with Crippen LogP contribution in [0.5, 0.6) is 0 Å². The van der Waals surface area contributed by atoms with E-state index in [4.69, 9.17) is 0 Å². The minimum Gasteiger partial charge on any atom is -0.396 e. The molecule has 0 spiro atoms. The summed E-state index contributed by atoms with van der Waals surface area (Å²) in [5.41, 5.74) is -0.404. The highest BCUT2D eigenvalue weighted by Gasteiger charge is 2.57. The highest BCUT2D eigenvalue weighted by molar-refractivity contribution is 5.34. The van der Waals surface area contributed by atoms with E-state index >= 15 is 0 Å². The van der Waals surface area contributed by atoms with Gasteiger partial charge in [0.1, 0.15) is 0 Å². The van der Waals surface area contributed by atoms with Gasteiger partial charge in [-0.3, -0.25) is 14.3 Å². The molecule has 0 saturated heterocycles. The first-order valence-corrected chi connectivity index (χ1v) is 6.17. The molecule has 0 radical (unpaired) electrons. The molecule has 1 aromatic heterocycles. The van der Waals surface area contributed by atoms with Gasteiger partial charge in [-0.15, -0.1) is 0 Å². The van der Waals surface area contributed by atoms with E-state index in [1.54, 1.807) is 0 Å². The van der Waals surface area contributed by atoms with Gasteiger partial charge in [0.05, 0.1) is 5.54 Å². The van der Waals surface area contributed by atoms with Crippen LogP contribution in [0.25, 0.3) is 0 Å². The van der Waals surface area contributed by atoms with Crippen molar-refractivity contribution in [2.24, 2.45) is 5.92 Å². The van der Waals surface area contributed by atoms with Crippen molar-refractivity contribution in [1.82, 2.24) is 9.55 Å². The van der Waals surface area contributed by atoms with Crippen LogP contribution in [0.1, 0.15) is 12.0 Å². The molecule has 1 aliphatic rings. The molecule has 2 N–H and O–H groups in total. The minimum absolute atomic E-state index is 0.00139. The van der Waals surface area contributed by atoms with Gasteiger partial charge in [0, 0.05) is 24.8 Å². The maximum atomic E-state index is 12.0. The Labute approximate surface area is 109 Å². The lowest BCUT2D eigenvalue weighted by molar-refractivity contribution is 0.256. The summed E-state index contributed by atoms with van der Waals surface area (Å²) < 4.78 is 1.52. The van der Waals surface area contributed by atoms with Crippen molar-refractivity contribution in [2.75, 3.05) is 6.61 Å². The number of aromatic amines is 1. The summed E-state index contributed by atoms with van der Waals surface area (Å²) in [5.74, 6) is -0.00139. The molecule has 1 heterocycles. The molecule has 0 unspecified atom stereocenters. The zero-order valence-electron chi connectivity index (χ0n) is 10.2. The van der Waals surface area contributed by atoms with E-state index in [0.29, 0.717) is 6.42 Å². The molecule has 0 aliphatic heterocycles. The first kappa shape index (κ1) is 11.9. The molecule has 0 amide bonds. The summed E-state index contributed by atoms with van der Waals surface area (Å²) in [6.45, 7) is 0.0143. The molecule has 1 aromatic carbocycles. The highest BCUT2D eigenvalue weighted by atomic mass is 16.3. The molecule has 5 nitrogen and oxygen atoms in total. The Bertz CT molecular complexity index is 704. The van der Waals surface area contributed by atoms with E-state index < -0.39 is 16.8 Å². The van der Waals surface area contributed by atoms with E-state index in [-0.39, 0.29) is 12.5 Å². The predicted octanol–water partition coefficient (Wildman–Crippen LogP) is 0.292. The average Bonchev–Trinajstić information content (AvgIpc) is 3.15. The number of rotatable bonds is 3. The van der Waals surface area contributed by atoms with E-state index in [9.17, 15) is 14.7 Å². The smallest absolute Gasteiger partial charge is 0.329 e. The lowest BCUT2D eigenvalue weighted by Gasteiger charge is -2.20. The average molecular weight is 258 g/mol. The van der Waals surface area contributed by atoms with Crippen LogP contribution < -0.4 is 11.2 Å². The van der Waals surface area contributed by atoms with Gasteiger partial charge >= 0.3 is 5.69 Å². The third-order valence-corrected chi connectivity index (χ3v) is 3.82. The van der Waals surface area contributed by atoms with Gasteiger partial charge in [-0.25, -0.2) is 4.79 Å². The molecule has 98 valence electrons. The molecular formula is C14H14N2O3. The van der Waals surface area contributed by atoms with Crippen LogP contribution in [0.2, 0.25) is 0 Å². The fourth-order valence-corrected chi connectivity index (χ4v) is 2.78. The monoisotopic (exact) mass is 258 g/mol. The number of aliphatic hydroxyl groups is 1. The predicted molar refractivity (Wildman–Crippen MR) is 70.0 cm³/mol. The maximum absolute atomic E-state index is 12.0. The second kappa shape index (κ2) is 4.20. The first-order chi connectivity index (χ1) is 9.18. The van der Waals surface area contributed by atoms with Crippen molar-refractivity contribution < 1.29 is 5.11 Å². The first-order valence-electron chi connectivity index (χ1n) is 6.17. The molecule has 0 bridgehead atoms. The number of aromatic nitrogens is 2. The van der Waals surface area contributed by atoms with Crippen molar-refractivity contribution in [3.8, 4) is 0 Å². The normalized spacial score (nSPS) is 25.2. The number of benzene rings is 1. The van der Waals surface area contributed by atoms with Crippen LogP contribution in [-0.4, -0.2) is 21.3 Å². The van der Waals surface area contributed by atoms with Crippen molar-refractivity contribution in [1.29, 1.82) is 0 Å². The van der Waals surface area contributed by atoms with Crippen LogP contribution in [-0.2, 0) is 5.54 Å². The van der Waals surface area contributed by atoms with Crippen molar-refractivity contribution in [2.45, 2.75) is 12.0 Å². The fourth-order valence-electron chi connectivity index (χ4n) is 2.78. The summed E-state index contributed by atoms with van der Waals surface area (Å²) in [6, 6.07) is 10.9. The standard InChI is InChI=1S/C14H14N2O3/c17-9-11-8-14(11,10-4-2-1-3-5-10)16-7-6-12(18)15-13(16)19/h1-7,11,17H,8-9H2,(H,15,18,19)/t11-,14+/m1/s1. The zero-order chi connectivity index (χ0) is 13.5. The lowest BCUT2D eigenvalue weighted by atomic mass is 10.0. The number of nitrogens with one attached hydrogen (secondary N) is 1. The second-order valence-electron chi connectivity index (χ2n) is 4.85. The van der Waals surface area contributed by atoms with E-state index in [1.165, 1.54) is 16.8 Å². The Morgan fingerprint density at radius 2 is 2.00 bits per heavy atom. The van der Waals surface area contributed by atoms with Gasteiger partial charge in [0.2, 0.25) is 0 Å². The number of hydrogen-bond acceptors (Lipinski definition) is 3. The lowest BCUT2D eigenvalue weighted by Crippen LogP contribution is -2.37. The third kappa shape index (κ3) is 1.74. The van der Waals surface area contributed by atoms with Gasteiger partial charge in [0.15, 0.2) is 0 Å². The third-order valence-electron chi connectivity index (χ3n) is 3.82. The van der Waals surface area contributed by atoms with Crippen molar-refractivity contribution in [3.63, 3.8) is 0 Å². The van der Waals surface area contributed by atoms with Crippen LogP contribution in [0.3, 0.4) is 0 Å². The molecular weight excluding hydrogens is 244 g/mol. The molecule has 2 atom stereocenters. The Balaban J connectivity index is 2.18. The molecule has 1 saturated carbocycles. The molecule has 5 heteroatoms. The van der Waals surface area contributed by atoms with Crippen LogP contribution >= 0.6 is 0 Å². The van der Waals surface area contributed by atoms with Crippen molar-refractivity contribution >= 4 is 0 Å². The highest BCUT2D eigenvalue weighted by Crippen LogP contribution is 2.54. The molecule has 2 aromatic rings. The SMILES string of the molecule is O=c1ccn([C@]2(c3ccccc3)C[C@@H]2CO)c(=O)[nH]1. The molecule has 1 fully saturated rings. The van der Waals surface area contributed by atoms with Gasteiger partial charge in [-0.05, 0) is 12.0 Å². The summed E-state index contributed by atoms with van der Waals surface area (Å²) in [5, 5.41) is 9.42. The number of aliphatic hydroxyl groups excluding tert-OH is 1. The summed E-state index contributed by atoms with van der Waals surface area (Å²) in [4.78, 5) is 25.4. The van der Waals surface area contributed by atoms with Gasteiger partial charge < -0.3 is 5.11 Å². The molecule has 3 rings (SSSR count).